The molecule has 15 heavy (non-hydrogen) atoms. The maximum atomic E-state index is 11.1. The molecule has 1 unspecified atom stereocenters. The van der Waals surface area contributed by atoms with Crippen LogP contribution in [0.15, 0.2) is 0 Å². The zero-order chi connectivity index (χ0) is 10.4. The summed E-state index contributed by atoms with van der Waals surface area (Å²) in [5.74, 6) is -0.392. The number of hydrogen-bond acceptors (Lipinski definition) is 3. The first-order chi connectivity index (χ1) is 7.25. The Kier molecular flexibility index (Phi) is 2.06. The van der Waals surface area contributed by atoms with Gasteiger partial charge in [0.2, 0.25) is 0 Å². The number of carboxylic acid groups (broad SMARTS) is 1. The third kappa shape index (κ3) is 1.57. The van der Waals surface area contributed by atoms with Gasteiger partial charge in [0.15, 0.2) is 0 Å². The van der Waals surface area contributed by atoms with Crippen LogP contribution in [0.3, 0.4) is 0 Å². The normalized spacial score (nSPS) is 24.9. The van der Waals surface area contributed by atoms with E-state index in [1.54, 1.807) is 11.3 Å². The molecule has 1 N–H and O–H groups in total. The van der Waals surface area contributed by atoms with Crippen LogP contribution in [-0.2, 0) is 11.2 Å². The second-order valence-corrected chi connectivity index (χ2v) is 5.53. The van der Waals surface area contributed by atoms with Gasteiger partial charge < -0.3 is 5.11 Å². The first-order valence-electron chi connectivity index (χ1n) is 5.48. The van der Waals surface area contributed by atoms with Crippen LogP contribution in [-0.4, -0.2) is 16.1 Å². The van der Waals surface area contributed by atoms with Crippen LogP contribution in [0.2, 0.25) is 0 Å². The molecule has 1 saturated carbocycles. The zero-order valence-corrected chi connectivity index (χ0v) is 9.22. The van der Waals surface area contributed by atoms with E-state index in [0.29, 0.717) is 5.92 Å². The highest BCUT2D eigenvalue weighted by Crippen LogP contribution is 2.45. The number of fused-ring (bicyclic) bond motifs is 1. The molecule has 4 heteroatoms. The monoisotopic (exact) mass is 223 g/mol. The molecule has 2 aliphatic rings. The molecule has 1 atom stereocenters. The summed E-state index contributed by atoms with van der Waals surface area (Å²) in [5.41, 5.74) is 0.876. The SMILES string of the molecule is O=C(O)C1CCCc2sc(C3CC3)nc21. The van der Waals surface area contributed by atoms with Crippen molar-refractivity contribution in [2.75, 3.05) is 0 Å². The van der Waals surface area contributed by atoms with Crippen molar-refractivity contribution < 1.29 is 9.90 Å². The minimum atomic E-state index is -0.705. The molecular weight excluding hydrogens is 210 g/mol. The lowest BCUT2D eigenvalue weighted by atomic mass is 9.91. The quantitative estimate of drug-likeness (QED) is 0.838. The fourth-order valence-electron chi connectivity index (χ4n) is 2.18. The largest absolute Gasteiger partial charge is 0.481 e. The Bertz CT molecular complexity index is 409. The Hall–Kier alpha value is -0.900. The summed E-state index contributed by atoms with van der Waals surface area (Å²) in [5, 5.41) is 10.3. The van der Waals surface area contributed by atoms with E-state index in [-0.39, 0.29) is 5.92 Å². The van der Waals surface area contributed by atoms with Crippen LogP contribution in [0.25, 0.3) is 0 Å². The molecule has 0 radical (unpaired) electrons. The summed E-state index contributed by atoms with van der Waals surface area (Å²) < 4.78 is 0. The van der Waals surface area contributed by atoms with E-state index in [1.807, 2.05) is 0 Å². The number of rotatable bonds is 2. The van der Waals surface area contributed by atoms with Crippen molar-refractivity contribution in [2.24, 2.45) is 0 Å². The van der Waals surface area contributed by atoms with Crippen molar-refractivity contribution in [3.05, 3.63) is 15.6 Å². The minimum Gasteiger partial charge on any atom is -0.481 e. The molecule has 3 rings (SSSR count). The lowest BCUT2D eigenvalue weighted by Crippen LogP contribution is -2.17. The van der Waals surface area contributed by atoms with Crippen LogP contribution < -0.4 is 0 Å². The van der Waals surface area contributed by atoms with Crippen molar-refractivity contribution in [3.8, 4) is 0 Å². The van der Waals surface area contributed by atoms with E-state index in [2.05, 4.69) is 4.98 Å². The molecule has 1 aromatic heterocycles. The molecule has 80 valence electrons. The van der Waals surface area contributed by atoms with Crippen LogP contribution >= 0.6 is 11.3 Å². The van der Waals surface area contributed by atoms with E-state index in [9.17, 15) is 4.79 Å². The van der Waals surface area contributed by atoms with E-state index in [4.69, 9.17) is 5.11 Å². The van der Waals surface area contributed by atoms with Gasteiger partial charge in [-0.1, -0.05) is 0 Å². The number of aromatic nitrogens is 1. The topological polar surface area (TPSA) is 50.2 Å². The van der Waals surface area contributed by atoms with Gasteiger partial charge in [0.1, 0.15) is 0 Å². The highest BCUT2D eigenvalue weighted by molar-refractivity contribution is 7.11. The van der Waals surface area contributed by atoms with Gasteiger partial charge in [0.25, 0.3) is 0 Å². The Morgan fingerprint density at radius 1 is 1.40 bits per heavy atom. The van der Waals surface area contributed by atoms with E-state index in [1.165, 1.54) is 22.7 Å². The average Bonchev–Trinajstić information content (AvgIpc) is 2.96. The standard InChI is InChI=1S/C11H13NO2S/c13-11(14)7-2-1-3-8-9(7)12-10(15-8)6-4-5-6/h6-7H,1-5H2,(H,13,14). The summed E-state index contributed by atoms with van der Waals surface area (Å²) in [6, 6.07) is 0. The Morgan fingerprint density at radius 3 is 2.87 bits per heavy atom. The zero-order valence-electron chi connectivity index (χ0n) is 8.40. The fraction of sp³-hybridized carbons (Fsp3) is 0.636. The van der Waals surface area contributed by atoms with Gasteiger partial charge in [-0.2, -0.15) is 0 Å². The smallest absolute Gasteiger partial charge is 0.312 e. The number of aliphatic carboxylic acids is 1. The summed E-state index contributed by atoms with van der Waals surface area (Å²) in [6.45, 7) is 0. The number of carbonyl (C=O) groups is 1. The molecule has 0 aromatic carbocycles. The third-order valence-corrected chi connectivity index (χ3v) is 4.49. The highest BCUT2D eigenvalue weighted by Gasteiger charge is 2.33. The first kappa shape index (κ1) is 9.33. The molecular formula is C11H13NO2S. The maximum absolute atomic E-state index is 11.1. The minimum absolute atomic E-state index is 0.336. The number of nitrogens with zero attached hydrogens (tertiary/aromatic N) is 1. The Balaban J connectivity index is 1.98. The third-order valence-electron chi connectivity index (χ3n) is 3.20. The predicted octanol–water partition coefficient (Wildman–Crippen LogP) is 2.53. The van der Waals surface area contributed by atoms with Crippen LogP contribution in [0.1, 0.15) is 53.1 Å². The van der Waals surface area contributed by atoms with Crippen LogP contribution in [0.4, 0.5) is 0 Å². The van der Waals surface area contributed by atoms with Crippen molar-refractivity contribution in [2.45, 2.75) is 43.9 Å². The summed E-state index contributed by atoms with van der Waals surface area (Å²) in [4.78, 5) is 16.9. The second-order valence-electron chi connectivity index (χ2n) is 4.42. The van der Waals surface area contributed by atoms with Gasteiger partial charge in [-0.25, -0.2) is 4.98 Å². The number of carboxylic acids is 1. The molecule has 0 saturated heterocycles. The molecule has 1 fully saturated rings. The lowest BCUT2D eigenvalue weighted by Gasteiger charge is -2.16. The predicted molar refractivity (Wildman–Crippen MR) is 57.4 cm³/mol. The number of hydrogen-bond donors (Lipinski definition) is 1. The van der Waals surface area contributed by atoms with Crippen molar-refractivity contribution in [1.29, 1.82) is 0 Å². The van der Waals surface area contributed by atoms with Gasteiger partial charge in [-0.05, 0) is 32.1 Å². The highest BCUT2D eigenvalue weighted by atomic mass is 32.1. The van der Waals surface area contributed by atoms with E-state index in [0.717, 1.165) is 25.0 Å². The molecule has 1 aromatic rings. The van der Waals surface area contributed by atoms with Crippen LogP contribution in [0, 0.1) is 0 Å². The molecule has 0 amide bonds. The number of aryl methyl sites for hydroxylation is 1. The van der Waals surface area contributed by atoms with Gasteiger partial charge in [-0.3, -0.25) is 4.79 Å². The van der Waals surface area contributed by atoms with Crippen molar-refractivity contribution in [3.63, 3.8) is 0 Å². The van der Waals surface area contributed by atoms with E-state index >= 15 is 0 Å². The second kappa shape index (κ2) is 3.30. The molecule has 0 aliphatic heterocycles. The van der Waals surface area contributed by atoms with Gasteiger partial charge in [0.05, 0.1) is 16.6 Å². The van der Waals surface area contributed by atoms with Crippen LogP contribution in [0.5, 0.6) is 0 Å². The van der Waals surface area contributed by atoms with Gasteiger partial charge in [-0.15, -0.1) is 11.3 Å². The number of thiazole rings is 1. The average molecular weight is 223 g/mol. The molecule has 3 nitrogen and oxygen atoms in total. The molecule has 0 bridgehead atoms. The summed E-state index contributed by atoms with van der Waals surface area (Å²) >= 11 is 1.75. The van der Waals surface area contributed by atoms with Gasteiger partial charge >= 0.3 is 5.97 Å². The molecule has 2 aliphatic carbocycles. The van der Waals surface area contributed by atoms with Crippen molar-refractivity contribution >= 4 is 17.3 Å². The maximum Gasteiger partial charge on any atom is 0.312 e. The molecule has 1 heterocycles. The first-order valence-corrected chi connectivity index (χ1v) is 6.29. The fourth-order valence-corrected chi connectivity index (χ4v) is 3.52. The molecule has 0 spiro atoms. The lowest BCUT2D eigenvalue weighted by molar-refractivity contribution is -0.139. The van der Waals surface area contributed by atoms with E-state index < -0.39 is 5.97 Å². The van der Waals surface area contributed by atoms with Gasteiger partial charge in [0, 0.05) is 10.8 Å². The summed E-state index contributed by atoms with van der Waals surface area (Å²) in [7, 11) is 0. The summed E-state index contributed by atoms with van der Waals surface area (Å²) in [6.07, 6.45) is 5.27. The Morgan fingerprint density at radius 2 is 2.20 bits per heavy atom. The van der Waals surface area contributed by atoms with Crippen molar-refractivity contribution in [1.82, 2.24) is 4.98 Å². The Labute approximate surface area is 92.2 Å².